The van der Waals surface area contributed by atoms with Gasteiger partial charge in [0.25, 0.3) is 11.8 Å². The molecule has 3 unspecified atom stereocenters. The van der Waals surface area contributed by atoms with Crippen LogP contribution in [0.5, 0.6) is 0 Å². The number of β-lactam (4-membered cyclic amide) rings is 1. The molecule has 2 aliphatic rings. The molecule has 2 aliphatic heterocycles. The van der Waals surface area contributed by atoms with E-state index in [4.69, 9.17) is 16.3 Å². The van der Waals surface area contributed by atoms with Gasteiger partial charge in [0.2, 0.25) is 5.91 Å². The van der Waals surface area contributed by atoms with Crippen molar-refractivity contribution < 1.29 is 29.1 Å². The lowest BCUT2D eigenvalue weighted by Gasteiger charge is -2.49. The van der Waals surface area contributed by atoms with E-state index in [2.05, 4.69) is 31.0 Å². The Balaban J connectivity index is 1.56. The minimum Gasteiger partial charge on any atom is -0.477 e. The van der Waals surface area contributed by atoms with Crippen molar-refractivity contribution in [3.8, 4) is 0 Å². The summed E-state index contributed by atoms with van der Waals surface area (Å²) in [6, 6.07) is -1.67. The number of fused-ring (bicyclic) bond motifs is 1. The largest absolute Gasteiger partial charge is 0.477 e. The highest BCUT2D eigenvalue weighted by atomic mass is 32.2. The molecular formula is C17H18N10O6S3. The number of rotatable bonds is 9. The number of primary amides is 1. The summed E-state index contributed by atoms with van der Waals surface area (Å²) in [5.74, 6) is -3.19. The Bertz CT molecular complexity index is 1310. The lowest BCUT2D eigenvalue weighted by Crippen LogP contribution is -2.72. The number of carbonyl (C=O) groups is 4. The number of carbonyl (C=O) groups excluding carboxylic acids is 3. The van der Waals surface area contributed by atoms with Gasteiger partial charge in [0, 0.05) is 18.2 Å². The van der Waals surface area contributed by atoms with E-state index in [1.807, 2.05) is 0 Å². The molecule has 4 rings (SSSR count). The smallest absolute Gasteiger partial charge is 0.354 e. The number of thiazole rings is 1. The number of aryl methyl sites for hydroxylation is 1. The van der Waals surface area contributed by atoms with Gasteiger partial charge < -0.3 is 26.7 Å². The standard InChI is InChI=1S/C17H18N10O6S3/c1-26-12(22-24-25-26)10(11(18)28)36-16-9(15(31)32)27-6(4-34-16)8(14(27)30)21-13(29)7(23-33-2)5-3-35-17(19)20-5/h3,6,8,10H,4H2,1-2H3,(H2,18,28)(H2,19,20)(H,21,29)(H,31,32). The fourth-order valence-electron chi connectivity index (χ4n) is 3.46. The summed E-state index contributed by atoms with van der Waals surface area (Å²) in [7, 11) is 2.76. The van der Waals surface area contributed by atoms with Gasteiger partial charge in [0.1, 0.15) is 24.1 Å². The molecule has 1 saturated heterocycles. The molecule has 2 aromatic heterocycles. The predicted molar refractivity (Wildman–Crippen MR) is 128 cm³/mol. The number of oxime groups is 1. The zero-order valence-corrected chi connectivity index (χ0v) is 21.0. The number of aromatic nitrogens is 5. The molecule has 2 aromatic rings. The number of thioether (sulfide) groups is 2. The number of tetrazole rings is 1. The summed E-state index contributed by atoms with van der Waals surface area (Å²) in [5, 5.41) is 27.7. The van der Waals surface area contributed by atoms with Crippen molar-refractivity contribution in [2.45, 2.75) is 17.3 Å². The van der Waals surface area contributed by atoms with Gasteiger partial charge in [-0.3, -0.25) is 19.3 Å². The number of aliphatic carboxylic acids is 1. The molecule has 16 nitrogen and oxygen atoms in total. The number of hydrogen-bond donors (Lipinski definition) is 4. The first-order valence-electron chi connectivity index (χ1n) is 9.89. The third kappa shape index (κ3) is 4.58. The maximum atomic E-state index is 13.0. The molecule has 19 heteroatoms. The van der Waals surface area contributed by atoms with E-state index in [9.17, 15) is 24.3 Å². The van der Waals surface area contributed by atoms with Gasteiger partial charge in [-0.15, -0.1) is 28.2 Å². The Kier molecular flexibility index (Phi) is 7.13. The second kappa shape index (κ2) is 10.1. The summed E-state index contributed by atoms with van der Waals surface area (Å²) in [6.07, 6.45) is 0. The van der Waals surface area contributed by atoms with Gasteiger partial charge in [-0.2, -0.15) is 0 Å². The van der Waals surface area contributed by atoms with Gasteiger partial charge >= 0.3 is 5.97 Å². The number of anilines is 1. The van der Waals surface area contributed by atoms with Crippen LogP contribution in [0.1, 0.15) is 16.8 Å². The van der Waals surface area contributed by atoms with E-state index >= 15 is 0 Å². The van der Waals surface area contributed by atoms with E-state index in [0.29, 0.717) is 0 Å². The molecule has 0 aliphatic carbocycles. The number of carboxylic acids is 1. The highest BCUT2D eigenvalue weighted by Gasteiger charge is 2.54. The van der Waals surface area contributed by atoms with Crippen molar-refractivity contribution in [2.75, 3.05) is 18.6 Å². The van der Waals surface area contributed by atoms with Crippen molar-refractivity contribution in [1.82, 2.24) is 35.4 Å². The molecule has 0 saturated carbocycles. The average molecular weight is 555 g/mol. The first kappa shape index (κ1) is 25.4. The van der Waals surface area contributed by atoms with Gasteiger partial charge in [-0.25, -0.2) is 14.5 Å². The molecule has 3 atom stereocenters. The van der Waals surface area contributed by atoms with Gasteiger partial charge in [-0.1, -0.05) is 16.9 Å². The first-order valence-corrected chi connectivity index (χ1v) is 12.6. The Labute approximate surface area is 214 Å². The number of nitrogen functional groups attached to an aromatic ring is 1. The molecule has 0 spiro atoms. The molecule has 6 N–H and O–H groups in total. The molecule has 190 valence electrons. The molecule has 0 radical (unpaired) electrons. The number of nitrogens with one attached hydrogen (secondary N) is 1. The number of amides is 3. The second-order valence-corrected chi connectivity index (χ2v) is 10.5. The zero-order valence-electron chi connectivity index (χ0n) is 18.5. The van der Waals surface area contributed by atoms with E-state index in [0.717, 1.165) is 39.8 Å². The Morgan fingerprint density at radius 1 is 1.42 bits per heavy atom. The van der Waals surface area contributed by atoms with Crippen LogP contribution < -0.4 is 16.8 Å². The summed E-state index contributed by atoms with van der Waals surface area (Å²) >= 11 is 3.04. The summed E-state index contributed by atoms with van der Waals surface area (Å²) < 4.78 is 1.43. The Hall–Kier alpha value is -3.71. The van der Waals surface area contributed by atoms with Crippen molar-refractivity contribution in [3.63, 3.8) is 0 Å². The minimum atomic E-state index is -1.38. The van der Waals surface area contributed by atoms with Crippen molar-refractivity contribution in [3.05, 3.63) is 26.8 Å². The van der Waals surface area contributed by atoms with Crippen molar-refractivity contribution in [1.29, 1.82) is 0 Å². The average Bonchev–Trinajstić information content (AvgIpc) is 3.46. The molecular weight excluding hydrogens is 536 g/mol. The van der Waals surface area contributed by atoms with Crippen LogP contribution in [0.2, 0.25) is 0 Å². The maximum absolute atomic E-state index is 13.0. The van der Waals surface area contributed by atoms with Crippen LogP contribution in [0.25, 0.3) is 0 Å². The number of nitrogens with zero attached hydrogens (tertiary/aromatic N) is 7. The first-order chi connectivity index (χ1) is 17.1. The zero-order chi connectivity index (χ0) is 26.1. The van der Waals surface area contributed by atoms with E-state index in [1.54, 1.807) is 0 Å². The highest BCUT2D eigenvalue weighted by molar-refractivity contribution is 8.22. The normalized spacial score (nSPS) is 20.4. The van der Waals surface area contributed by atoms with E-state index in [-0.39, 0.29) is 38.0 Å². The number of hydrogen-bond acceptors (Lipinski definition) is 14. The van der Waals surface area contributed by atoms with Crippen LogP contribution in [0, 0.1) is 0 Å². The fourth-order valence-corrected chi connectivity index (χ4v) is 6.69. The monoisotopic (exact) mass is 554 g/mol. The second-order valence-electron chi connectivity index (χ2n) is 7.23. The third-order valence-corrected chi connectivity index (χ3v) is 8.43. The summed E-state index contributed by atoms with van der Waals surface area (Å²) in [4.78, 5) is 59.8. The van der Waals surface area contributed by atoms with E-state index < -0.39 is 41.0 Å². The van der Waals surface area contributed by atoms with Crippen LogP contribution in [0.3, 0.4) is 0 Å². The SMILES string of the molecule is CON=C(C(=O)NC1C(=O)N2C(C(=O)O)=C(SC(C(N)=O)c3nnnn3C)SCC12)c1csc(N)n1. The molecule has 3 amide bonds. The van der Waals surface area contributed by atoms with Gasteiger partial charge in [0.15, 0.2) is 22.4 Å². The molecule has 1 fully saturated rings. The lowest BCUT2D eigenvalue weighted by molar-refractivity contribution is -0.153. The predicted octanol–water partition coefficient (Wildman–Crippen LogP) is -1.74. The van der Waals surface area contributed by atoms with Gasteiger partial charge in [0.05, 0.1) is 10.3 Å². The quantitative estimate of drug-likeness (QED) is 0.153. The Morgan fingerprint density at radius 2 is 2.17 bits per heavy atom. The summed E-state index contributed by atoms with van der Waals surface area (Å²) in [5.41, 5.74) is 10.8. The number of nitrogens with two attached hydrogens (primary N) is 2. The van der Waals surface area contributed by atoms with Gasteiger partial charge in [-0.05, 0) is 10.4 Å². The molecule has 4 heterocycles. The molecule has 36 heavy (non-hydrogen) atoms. The summed E-state index contributed by atoms with van der Waals surface area (Å²) in [6.45, 7) is 0. The Morgan fingerprint density at radius 3 is 2.72 bits per heavy atom. The van der Waals surface area contributed by atoms with Crippen molar-refractivity contribution in [2.24, 2.45) is 17.9 Å². The fraction of sp³-hybridized carbons (Fsp3) is 0.353. The van der Waals surface area contributed by atoms with Crippen molar-refractivity contribution >= 4 is 69.4 Å². The van der Waals surface area contributed by atoms with Crippen LogP contribution in [0.4, 0.5) is 5.13 Å². The number of carboxylic acid groups (broad SMARTS) is 1. The third-order valence-electron chi connectivity index (χ3n) is 5.06. The van der Waals surface area contributed by atoms with Crippen LogP contribution in [0.15, 0.2) is 20.5 Å². The lowest BCUT2D eigenvalue weighted by atomic mass is 9.95. The maximum Gasteiger partial charge on any atom is 0.354 e. The van der Waals surface area contributed by atoms with Crippen LogP contribution >= 0.6 is 34.9 Å². The van der Waals surface area contributed by atoms with Crippen LogP contribution in [-0.2, 0) is 31.1 Å². The molecule has 0 aromatic carbocycles. The van der Waals surface area contributed by atoms with Crippen LogP contribution in [-0.4, -0.2) is 89.5 Å². The van der Waals surface area contributed by atoms with E-state index in [1.165, 1.54) is 24.2 Å². The molecule has 0 bridgehead atoms. The topological polar surface area (TPSA) is 234 Å². The minimum absolute atomic E-state index is 0.125. The highest BCUT2D eigenvalue weighted by Crippen LogP contribution is 2.48.